The molecule has 2 heterocycles. The molecule has 0 aliphatic carbocycles. The van der Waals surface area contributed by atoms with E-state index in [4.69, 9.17) is 14.2 Å². The van der Waals surface area contributed by atoms with Gasteiger partial charge in [-0.1, -0.05) is 6.07 Å². The van der Waals surface area contributed by atoms with Crippen LogP contribution in [0.5, 0.6) is 11.5 Å². The summed E-state index contributed by atoms with van der Waals surface area (Å²) in [6.45, 7) is 2.23. The van der Waals surface area contributed by atoms with Crippen LogP contribution in [0.15, 0.2) is 41.4 Å². The molecule has 152 valence electrons. The van der Waals surface area contributed by atoms with Crippen molar-refractivity contribution in [2.45, 2.75) is 11.3 Å². The lowest BCUT2D eigenvalue weighted by Gasteiger charge is -2.25. The van der Waals surface area contributed by atoms with Gasteiger partial charge >= 0.3 is 0 Å². The lowest BCUT2D eigenvalue weighted by molar-refractivity contribution is 0.0730. The summed E-state index contributed by atoms with van der Waals surface area (Å²) in [4.78, 5) is 4.43. The Balaban J connectivity index is 1.57. The Morgan fingerprint density at radius 3 is 2.50 bits per heavy atom. The van der Waals surface area contributed by atoms with Crippen LogP contribution in [0.3, 0.4) is 0 Å². The number of nitrogens with zero attached hydrogens (tertiary/aromatic N) is 2. The molecule has 1 aromatic carbocycles. The van der Waals surface area contributed by atoms with Gasteiger partial charge in [-0.05, 0) is 36.2 Å². The lowest BCUT2D eigenvalue weighted by Crippen LogP contribution is -2.40. The number of ether oxygens (including phenoxy) is 3. The van der Waals surface area contributed by atoms with Crippen LogP contribution < -0.4 is 14.8 Å². The SMILES string of the molecule is COc1ccc(CCNc2ccc(S(=O)(=O)N3CCOCC3)cn2)cc1OC. The van der Waals surface area contributed by atoms with E-state index in [-0.39, 0.29) is 4.90 Å². The highest BCUT2D eigenvalue weighted by Gasteiger charge is 2.26. The molecular formula is C19H25N3O5S. The summed E-state index contributed by atoms with van der Waals surface area (Å²) in [5.41, 5.74) is 1.09. The van der Waals surface area contributed by atoms with E-state index in [1.807, 2.05) is 18.2 Å². The van der Waals surface area contributed by atoms with Crippen molar-refractivity contribution in [2.24, 2.45) is 0 Å². The Bertz CT molecular complexity index is 881. The van der Waals surface area contributed by atoms with Crippen molar-refractivity contribution < 1.29 is 22.6 Å². The second-order valence-corrected chi connectivity index (χ2v) is 8.20. The molecule has 0 spiro atoms. The fraction of sp³-hybridized carbons (Fsp3) is 0.421. The molecule has 0 amide bonds. The normalized spacial score (nSPS) is 15.2. The summed E-state index contributed by atoms with van der Waals surface area (Å²) in [6.07, 6.45) is 2.15. The Labute approximate surface area is 165 Å². The number of hydrogen-bond acceptors (Lipinski definition) is 7. The molecule has 1 saturated heterocycles. The standard InChI is InChI=1S/C19H25N3O5S/c1-25-17-5-3-15(13-18(17)26-2)7-8-20-19-6-4-16(14-21-19)28(23,24)22-9-11-27-12-10-22/h3-6,13-14H,7-12H2,1-2H3,(H,20,21). The van der Waals surface area contributed by atoms with E-state index in [1.54, 1.807) is 26.4 Å². The number of pyridine rings is 1. The topological polar surface area (TPSA) is 90.0 Å². The molecule has 8 nitrogen and oxygen atoms in total. The Morgan fingerprint density at radius 1 is 1.11 bits per heavy atom. The van der Waals surface area contributed by atoms with Gasteiger partial charge in [0.15, 0.2) is 11.5 Å². The molecule has 3 rings (SSSR count). The van der Waals surface area contributed by atoms with Gasteiger partial charge < -0.3 is 19.5 Å². The second kappa shape index (κ2) is 9.22. The van der Waals surface area contributed by atoms with Crippen molar-refractivity contribution in [3.05, 3.63) is 42.1 Å². The van der Waals surface area contributed by atoms with E-state index < -0.39 is 10.0 Å². The highest BCUT2D eigenvalue weighted by molar-refractivity contribution is 7.89. The quantitative estimate of drug-likeness (QED) is 0.713. The van der Waals surface area contributed by atoms with Crippen LogP contribution >= 0.6 is 0 Å². The smallest absolute Gasteiger partial charge is 0.244 e. The summed E-state index contributed by atoms with van der Waals surface area (Å²) >= 11 is 0. The molecule has 1 aliphatic rings. The third kappa shape index (κ3) is 4.73. The molecule has 1 N–H and O–H groups in total. The highest BCUT2D eigenvalue weighted by Crippen LogP contribution is 2.27. The number of nitrogens with one attached hydrogen (secondary N) is 1. The summed E-state index contributed by atoms with van der Waals surface area (Å²) in [5.74, 6) is 2.01. The van der Waals surface area contributed by atoms with Crippen LogP contribution in [0, 0.1) is 0 Å². The van der Waals surface area contributed by atoms with Gasteiger partial charge in [-0.2, -0.15) is 4.31 Å². The first kappa shape index (κ1) is 20.4. The number of morpholine rings is 1. The van der Waals surface area contributed by atoms with E-state index in [1.165, 1.54) is 10.5 Å². The Morgan fingerprint density at radius 2 is 1.86 bits per heavy atom. The maximum atomic E-state index is 12.6. The summed E-state index contributed by atoms with van der Waals surface area (Å²) in [6, 6.07) is 9.05. The van der Waals surface area contributed by atoms with Gasteiger partial charge in [0, 0.05) is 25.8 Å². The van der Waals surface area contributed by atoms with Crippen LogP contribution in [-0.4, -0.2) is 64.8 Å². The highest BCUT2D eigenvalue weighted by atomic mass is 32.2. The summed E-state index contributed by atoms with van der Waals surface area (Å²) < 4.78 is 42.4. The van der Waals surface area contributed by atoms with Crippen LogP contribution in [-0.2, 0) is 21.2 Å². The van der Waals surface area contributed by atoms with E-state index in [0.29, 0.717) is 50.2 Å². The predicted molar refractivity (Wildman–Crippen MR) is 106 cm³/mol. The van der Waals surface area contributed by atoms with Gasteiger partial charge in [-0.25, -0.2) is 13.4 Å². The van der Waals surface area contributed by atoms with E-state index in [9.17, 15) is 8.42 Å². The molecule has 9 heteroatoms. The number of anilines is 1. The van der Waals surface area contributed by atoms with Gasteiger partial charge in [0.25, 0.3) is 0 Å². The average molecular weight is 407 g/mol. The van der Waals surface area contributed by atoms with Crippen molar-refractivity contribution in [1.29, 1.82) is 0 Å². The maximum Gasteiger partial charge on any atom is 0.244 e. The molecule has 1 fully saturated rings. The van der Waals surface area contributed by atoms with E-state index in [2.05, 4.69) is 10.3 Å². The number of hydrogen-bond donors (Lipinski definition) is 1. The van der Waals surface area contributed by atoms with E-state index in [0.717, 1.165) is 12.0 Å². The molecule has 0 radical (unpaired) electrons. The number of rotatable bonds is 8. The fourth-order valence-electron chi connectivity index (χ4n) is 2.94. The summed E-state index contributed by atoms with van der Waals surface area (Å²) in [5, 5.41) is 3.21. The number of sulfonamides is 1. The molecule has 1 aliphatic heterocycles. The molecule has 0 unspecified atom stereocenters. The largest absolute Gasteiger partial charge is 0.493 e. The van der Waals surface area contributed by atoms with Crippen LogP contribution in [0.4, 0.5) is 5.82 Å². The number of benzene rings is 1. The zero-order valence-electron chi connectivity index (χ0n) is 16.1. The average Bonchev–Trinajstić information content (AvgIpc) is 2.74. The van der Waals surface area contributed by atoms with Crippen LogP contribution in [0.25, 0.3) is 0 Å². The van der Waals surface area contributed by atoms with Gasteiger partial charge in [0.2, 0.25) is 10.0 Å². The Hall–Kier alpha value is -2.36. The van der Waals surface area contributed by atoms with Crippen molar-refractivity contribution in [3.8, 4) is 11.5 Å². The number of aromatic nitrogens is 1. The first-order valence-electron chi connectivity index (χ1n) is 9.03. The minimum absolute atomic E-state index is 0.194. The lowest BCUT2D eigenvalue weighted by atomic mass is 10.1. The first-order chi connectivity index (χ1) is 13.5. The van der Waals surface area contributed by atoms with Gasteiger partial charge in [0.1, 0.15) is 10.7 Å². The molecule has 0 saturated carbocycles. The maximum absolute atomic E-state index is 12.6. The first-order valence-corrected chi connectivity index (χ1v) is 10.5. The third-order valence-corrected chi connectivity index (χ3v) is 6.39. The fourth-order valence-corrected chi connectivity index (χ4v) is 4.30. The third-order valence-electron chi connectivity index (χ3n) is 4.51. The molecule has 0 bridgehead atoms. The van der Waals surface area contributed by atoms with Crippen molar-refractivity contribution >= 4 is 15.8 Å². The summed E-state index contributed by atoms with van der Waals surface area (Å²) in [7, 11) is -0.307. The predicted octanol–water partition coefficient (Wildman–Crippen LogP) is 1.77. The van der Waals surface area contributed by atoms with Crippen LogP contribution in [0.1, 0.15) is 5.56 Å². The van der Waals surface area contributed by atoms with Crippen molar-refractivity contribution in [2.75, 3.05) is 52.4 Å². The zero-order valence-corrected chi connectivity index (χ0v) is 16.9. The number of methoxy groups -OCH3 is 2. The monoisotopic (exact) mass is 407 g/mol. The zero-order chi connectivity index (χ0) is 20.0. The minimum Gasteiger partial charge on any atom is -0.493 e. The van der Waals surface area contributed by atoms with E-state index >= 15 is 0 Å². The molecule has 0 atom stereocenters. The van der Waals surface area contributed by atoms with Crippen LogP contribution in [0.2, 0.25) is 0 Å². The molecule has 2 aromatic rings. The van der Waals surface area contributed by atoms with Crippen molar-refractivity contribution in [3.63, 3.8) is 0 Å². The molecule has 28 heavy (non-hydrogen) atoms. The second-order valence-electron chi connectivity index (χ2n) is 6.26. The molecular weight excluding hydrogens is 382 g/mol. The van der Waals surface area contributed by atoms with Gasteiger partial charge in [-0.15, -0.1) is 0 Å². The van der Waals surface area contributed by atoms with Gasteiger partial charge in [-0.3, -0.25) is 0 Å². The Kier molecular flexibility index (Phi) is 6.71. The van der Waals surface area contributed by atoms with Gasteiger partial charge in [0.05, 0.1) is 27.4 Å². The minimum atomic E-state index is -3.52. The van der Waals surface area contributed by atoms with Crippen molar-refractivity contribution in [1.82, 2.24) is 9.29 Å². The molecule has 1 aromatic heterocycles.